The summed E-state index contributed by atoms with van der Waals surface area (Å²) < 4.78 is 0. The fourth-order valence-corrected chi connectivity index (χ4v) is 3.25. The number of carbonyl (C=O) groups excluding carboxylic acids is 1. The normalized spacial score (nSPS) is 19.2. The first-order chi connectivity index (χ1) is 8.16. The zero-order valence-electron chi connectivity index (χ0n) is 10.0. The number of rotatable bonds is 3. The highest BCUT2D eigenvalue weighted by Gasteiger charge is 2.17. The molecule has 1 aliphatic rings. The number of benzene rings is 1. The van der Waals surface area contributed by atoms with E-state index >= 15 is 0 Å². The van der Waals surface area contributed by atoms with Crippen molar-refractivity contribution in [3.05, 3.63) is 29.3 Å². The number of amides is 1. The fraction of sp³-hybridized carbons (Fsp3) is 0.462. The number of hydrogen-bond donors (Lipinski definition) is 2. The molecule has 3 nitrogen and oxygen atoms in total. The van der Waals surface area contributed by atoms with E-state index in [1.54, 1.807) is 12.1 Å². The van der Waals surface area contributed by atoms with Crippen LogP contribution < -0.4 is 11.1 Å². The molecule has 0 aliphatic carbocycles. The summed E-state index contributed by atoms with van der Waals surface area (Å²) in [6, 6.07) is 5.40. The number of carbonyl (C=O) groups is 1. The summed E-state index contributed by atoms with van der Waals surface area (Å²) >= 11 is 1.95. The van der Waals surface area contributed by atoms with Gasteiger partial charge in [0.15, 0.2) is 0 Å². The summed E-state index contributed by atoms with van der Waals surface area (Å²) in [5.41, 5.74) is 8.02. The monoisotopic (exact) mass is 250 g/mol. The van der Waals surface area contributed by atoms with Crippen LogP contribution in [0.3, 0.4) is 0 Å². The number of nitrogens with two attached hydrogens (primary N) is 1. The molecule has 92 valence electrons. The van der Waals surface area contributed by atoms with Gasteiger partial charge in [-0.15, -0.1) is 0 Å². The summed E-state index contributed by atoms with van der Waals surface area (Å²) in [6.07, 6.45) is 2.48. The highest BCUT2D eigenvalue weighted by atomic mass is 32.2. The largest absolute Gasteiger partial charge is 0.399 e. The molecule has 1 heterocycles. The Kier molecular flexibility index (Phi) is 3.94. The Labute approximate surface area is 106 Å². The van der Waals surface area contributed by atoms with Crippen molar-refractivity contribution >= 4 is 23.4 Å². The minimum Gasteiger partial charge on any atom is -0.399 e. The van der Waals surface area contributed by atoms with Crippen LogP contribution in [0.2, 0.25) is 0 Å². The van der Waals surface area contributed by atoms with E-state index < -0.39 is 0 Å². The van der Waals surface area contributed by atoms with Crippen molar-refractivity contribution in [2.24, 2.45) is 0 Å². The molecule has 4 heteroatoms. The maximum Gasteiger partial charge on any atom is 0.251 e. The van der Waals surface area contributed by atoms with Crippen LogP contribution >= 0.6 is 11.8 Å². The van der Waals surface area contributed by atoms with Gasteiger partial charge >= 0.3 is 0 Å². The highest BCUT2D eigenvalue weighted by molar-refractivity contribution is 8.00. The zero-order chi connectivity index (χ0) is 12.3. The molecule has 1 atom stereocenters. The Morgan fingerprint density at radius 1 is 1.59 bits per heavy atom. The summed E-state index contributed by atoms with van der Waals surface area (Å²) in [4.78, 5) is 12.0. The lowest BCUT2D eigenvalue weighted by molar-refractivity contribution is 0.0953. The van der Waals surface area contributed by atoms with Gasteiger partial charge in [-0.3, -0.25) is 4.79 Å². The third kappa shape index (κ3) is 3.16. The van der Waals surface area contributed by atoms with Crippen molar-refractivity contribution in [3.8, 4) is 0 Å². The lowest BCUT2D eigenvalue weighted by Crippen LogP contribution is -2.30. The molecule has 1 aromatic rings. The van der Waals surface area contributed by atoms with Crippen LogP contribution in [0.15, 0.2) is 18.2 Å². The maximum absolute atomic E-state index is 12.0. The molecule has 0 radical (unpaired) electrons. The van der Waals surface area contributed by atoms with E-state index in [2.05, 4.69) is 5.32 Å². The van der Waals surface area contributed by atoms with Gasteiger partial charge in [0.2, 0.25) is 0 Å². The van der Waals surface area contributed by atoms with Crippen molar-refractivity contribution < 1.29 is 4.79 Å². The van der Waals surface area contributed by atoms with Crippen LogP contribution in [-0.2, 0) is 0 Å². The second-order valence-corrected chi connectivity index (χ2v) is 5.83. The van der Waals surface area contributed by atoms with Gasteiger partial charge in [0.25, 0.3) is 5.91 Å². The van der Waals surface area contributed by atoms with Crippen LogP contribution in [0.4, 0.5) is 5.69 Å². The van der Waals surface area contributed by atoms with E-state index in [1.807, 2.05) is 24.8 Å². The summed E-state index contributed by atoms with van der Waals surface area (Å²) in [7, 11) is 0. The Bertz CT molecular complexity index is 414. The van der Waals surface area contributed by atoms with Gasteiger partial charge in [0, 0.05) is 23.0 Å². The van der Waals surface area contributed by atoms with Crippen molar-refractivity contribution in [1.29, 1.82) is 0 Å². The predicted octanol–water partition coefficient (Wildman–Crippen LogP) is 2.20. The summed E-state index contributed by atoms with van der Waals surface area (Å²) in [6.45, 7) is 2.68. The first kappa shape index (κ1) is 12.3. The molecule has 1 aromatic carbocycles. The van der Waals surface area contributed by atoms with Crippen LogP contribution in [0.5, 0.6) is 0 Å². The molecule has 1 unspecified atom stereocenters. The van der Waals surface area contributed by atoms with Crippen LogP contribution in [0, 0.1) is 6.92 Å². The van der Waals surface area contributed by atoms with Gasteiger partial charge in [-0.05, 0) is 49.3 Å². The van der Waals surface area contributed by atoms with E-state index in [9.17, 15) is 4.79 Å². The standard InChI is InChI=1S/C13H18N2OS/c1-9-7-10(14)4-5-12(9)13(16)15-8-11-3-2-6-17-11/h4-5,7,11H,2-3,6,8,14H2,1H3,(H,15,16). The van der Waals surface area contributed by atoms with Crippen LogP contribution in [0.25, 0.3) is 0 Å². The van der Waals surface area contributed by atoms with Gasteiger partial charge in [-0.25, -0.2) is 0 Å². The minimum absolute atomic E-state index is 0.00926. The fourth-order valence-electron chi connectivity index (χ4n) is 2.05. The maximum atomic E-state index is 12.0. The molecule has 17 heavy (non-hydrogen) atoms. The molecule has 1 fully saturated rings. The quantitative estimate of drug-likeness (QED) is 0.809. The van der Waals surface area contributed by atoms with Gasteiger partial charge in [0.05, 0.1) is 0 Å². The van der Waals surface area contributed by atoms with Crippen LogP contribution in [-0.4, -0.2) is 23.5 Å². The lowest BCUT2D eigenvalue weighted by Gasteiger charge is -2.11. The van der Waals surface area contributed by atoms with E-state index in [0.29, 0.717) is 10.9 Å². The van der Waals surface area contributed by atoms with Crippen molar-refractivity contribution in [3.63, 3.8) is 0 Å². The van der Waals surface area contributed by atoms with Crippen molar-refractivity contribution in [2.75, 3.05) is 18.0 Å². The SMILES string of the molecule is Cc1cc(N)ccc1C(=O)NCC1CCCS1. The predicted molar refractivity (Wildman–Crippen MR) is 73.4 cm³/mol. The molecule has 0 saturated carbocycles. The molecule has 1 aliphatic heterocycles. The van der Waals surface area contributed by atoms with E-state index in [4.69, 9.17) is 5.73 Å². The molecule has 3 N–H and O–H groups in total. The summed E-state index contributed by atoms with van der Waals surface area (Å²) in [5.74, 6) is 1.23. The third-order valence-electron chi connectivity index (χ3n) is 3.01. The molecule has 1 amide bonds. The number of nitrogen functional groups attached to an aromatic ring is 1. The third-order valence-corrected chi connectivity index (χ3v) is 4.41. The average Bonchev–Trinajstić information content (AvgIpc) is 2.78. The number of nitrogens with one attached hydrogen (secondary N) is 1. The van der Waals surface area contributed by atoms with Crippen LogP contribution in [0.1, 0.15) is 28.8 Å². The Morgan fingerprint density at radius 3 is 3.06 bits per heavy atom. The highest BCUT2D eigenvalue weighted by Crippen LogP contribution is 2.25. The second kappa shape index (κ2) is 5.45. The number of hydrogen-bond acceptors (Lipinski definition) is 3. The molecule has 2 rings (SSSR count). The Morgan fingerprint density at radius 2 is 2.41 bits per heavy atom. The van der Waals surface area contributed by atoms with Gasteiger partial charge < -0.3 is 11.1 Å². The number of thioether (sulfide) groups is 1. The number of anilines is 1. The van der Waals surface area contributed by atoms with E-state index in [-0.39, 0.29) is 5.91 Å². The molecule has 0 spiro atoms. The van der Waals surface area contributed by atoms with E-state index in [0.717, 1.165) is 17.7 Å². The van der Waals surface area contributed by atoms with Gasteiger partial charge in [-0.1, -0.05) is 0 Å². The molecule has 0 aromatic heterocycles. The molecule has 0 bridgehead atoms. The number of aryl methyl sites for hydroxylation is 1. The summed E-state index contributed by atoms with van der Waals surface area (Å²) in [5, 5.41) is 3.59. The first-order valence-electron chi connectivity index (χ1n) is 5.93. The zero-order valence-corrected chi connectivity index (χ0v) is 10.8. The topological polar surface area (TPSA) is 55.1 Å². The Balaban J connectivity index is 1.94. The second-order valence-electron chi connectivity index (χ2n) is 4.42. The van der Waals surface area contributed by atoms with Crippen molar-refractivity contribution in [1.82, 2.24) is 5.32 Å². The molecular weight excluding hydrogens is 232 g/mol. The first-order valence-corrected chi connectivity index (χ1v) is 6.97. The van der Waals surface area contributed by atoms with Crippen molar-refractivity contribution in [2.45, 2.75) is 25.0 Å². The molecular formula is C13H18N2OS. The lowest BCUT2D eigenvalue weighted by atomic mass is 10.1. The van der Waals surface area contributed by atoms with Gasteiger partial charge in [-0.2, -0.15) is 11.8 Å². The van der Waals surface area contributed by atoms with Gasteiger partial charge in [0.1, 0.15) is 0 Å². The van der Waals surface area contributed by atoms with E-state index in [1.165, 1.54) is 18.6 Å². The Hall–Kier alpha value is -1.16. The minimum atomic E-state index is 0.00926. The average molecular weight is 250 g/mol. The smallest absolute Gasteiger partial charge is 0.251 e. The molecule has 1 saturated heterocycles.